The highest BCUT2D eigenvalue weighted by molar-refractivity contribution is 9.10. The lowest BCUT2D eigenvalue weighted by molar-refractivity contribution is 0.0661. The Labute approximate surface area is 132 Å². The van der Waals surface area contributed by atoms with Gasteiger partial charge >= 0.3 is 5.97 Å². The van der Waals surface area contributed by atoms with E-state index >= 15 is 0 Å². The van der Waals surface area contributed by atoms with Gasteiger partial charge in [-0.3, -0.25) is 0 Å². The topological polar surface area (TPSA) is 99.9 Å². The lowest BCUT2D eigenvalue weighted by Gasteiger charge is -2.28. The minimum Gasteiger partial charge on any atom is -0.475 e. The van der Waals surface area contributed by atoms with Gasteiger partial charge in [-0.1, -0.05) is 13.8 Å². The van der Waals surface area contributed by atoms with Crippen LogP contribution in [0.3, 0.4) is 0 Å². The summed E-state index contributed by atoms with van der Waals surface area (Å²) in [6, 6.07) is 0.980. The van der Waals surface area contributed by atoms with Gasteiger partial charge < -0.3 is 14.4 Å². The Bertz CT molecular complexity index is 622. The van der Waals surface area contributed by atoms with Crippen LogP contribution in [0.15, 0.2) is 20.0 Å². The maximum Gasteiger partial charge on any atom is 0.371 e. The number of nitrogens with zero attached hydrogens (tertiary/aromatic N) is 1. The van der Waals surface area contributed by atoms with Crippen molar-refractivity contribution in [3.63, 3.8) is 0 Å². The van der Waals surface area contributed by atoms with Crippen molar-refractivity contribution in [1.29, 1.82) is 0 Å². The molecule has 1 heterocycles. The summed E-state index contributed by atoms with van der Waals surface area (Å²) < 4.78 is 31.6. The molecule has 2 N–H and O–H groups in total. The van der Waals surface area contributed by atoms with Crippen molar-refractivity contribution in [3.8, 4) is 0 Å². The molecule has 0 aromatic carbocycles. The Morgan fingerprint density at radius 1 is 1.48 bits per heavy atom. The summed E-state index contributed by atoms with van der Waals surface area (Å²) in [6.45, 7) is 4.78. The van der Waals surface area contributed by atoms with E-state index in [4.69, 9.17) is 9.52 Å². The van der Waals surface area contributed by atoms with Gasteiger partial charge in [0.05, 0.1) is 0 Å². The zero-order valence-corrected chi connectivity index (χ0v) is 14.7. The van der Waals surface area contributed by atoms with Crippen molar-refractivity contribution in [2.24, 2.45) is 5.41 Å². The van der Waals surface area contributed by atoms with Crippen molar-refractivity contribution in [2.45, 2.75) is 18.7 Å². The molecule has 0 saturated carbocycles. The molecule has 9 heteroatoms. The van der Waals surface area contributed by atoms with Gasteiger partial charge in [0.2, 0.25) is 15.8 Å². The van der Waals surface area contributed by atoms with Crippen molar-refractivity contribution in [2.75, 3.05) is 27.2 Å². The molecule has 21 heavy (non-hydrogen) atoms. The van der Waals surface area contributed by atoms with Crippen LogP contribution in [0.1, 0.15) is 24.4 Å². The first-order valence-corrected chi connectivity index (χ1v) is 8.39. The number of rotatable bonds is 7. The molecule has 0 unspecified atom stereocenters. The highest BCUT2D eigenvalue weighted by Crippen LogP contribution is 2.26. The first-order chi connectivity index (χ1) is 9.44. The van der Waals surface area contributed by atoms with E-state index in [0.717, 1.165) is 6.07 Å². The molecular formula is C12H19BrN2O5S. The van der Waals surface area contributed by atoms with Gasteiger partial charge in [0.1, 0.15) is 4.90 Å². The molecule has 1 aromatic rings. The fraction of sp³-hybridized carbons (Fsp3) is 0.583. The standard InChI is InChI=1S/C12H19BrN2O5S/c1-12(2,7-15(3)4)6-14-21(18,19)9-5-8(11(16)17)20-10(9)13/h5,14H,6-7H2,1-4H3,(H,16,17). The summed E-state index contributed by atoms with van der Waals surface area (Å²) >= 11 is 2.92. The van der Waals surface area contributed by atoms with Gasteiger partial charge in [-0.2, -0.15) is 0 Å². The molecule has 0 saturated heterocycles. The van der Waals surface area contributed by atoms with Crippen LogP contribution in [-0.2, 0) is 10.0 Å². The van der Waals surface area contributed by atoms with Gasteiger partial charge in [-0.15, -0.1) is 0 Å². The van der Waals surface area contributed by atoms with Crippen LogP contribution < -0.4 is 4.72 Å². The van der Waals surface area contributed by atoms with E-state index in [1.165, 1.54) is 0 Å². The van der Waals surface area contributed by atoms with Gasteiger partial charge in [-0.25, -0.2) is 17.9 Å². The lowest BCUT2D eigenvalue weighted by atomic mass is 9.93. The summed E-state index contributed by atoms with van der Waals surface area (Å²) in [7, 11) is -0.0355. The molecule has 0 aliphatic heterocycles. The maximum atomic E-state index is 12.2. The van der Waals surface area contributed by atoms with E-state index in [1.807, 2.05) is 32.8 Å². The molecule has 1 rings (SSSR count). The van der Waals surface area contributed by atoms with E-state index in [-0.39, 0.29) is 21.5 Å². The normalized spacial score (nSPS) is 12.9. The second kappa shape index (κ2) is 6.47. The summed E-state index contributed by atoms with van der Waals surface area (Å²) in [5.41, 5.74) is -0.275. The quantitative estimate of drug-likeness (QED) is 0.742. The average Bonchev–Trinajstić information content (AvgIpc) is 2.68. The highest BCUT2D eigenvalue weighted by atomic mass is 79.9. The minimum atomic E-state index is -3.85. The van der Waals surface area contributed by atoms with E-state index in [9.17, 15) is 13.2 Å². The predicted octanol–water partition coefficient (Wildman–Crippen LogP) is 1.61. The molecule has 0 radical (unpaired) electrons. The number of nitrogens with one attached hydrogen (secondary N) is 1. The molecule has 0 fully saturated rings. The molecule has 0 aliphatic carbocycles. The monoisotopic (exact) mass is 382 g/mol. The Hall–Kier alpha value is -0.900. The van der Waals surface area contributed by atoms with Crippen LogP contribution in [-0.4, -0.2) is 51.6 Å². The second-order valence-electron chi connectivity index (χ2n) is 5.78. The molecule has 0 amide bonds. The second-order valence-corrected chi connectivity index (χ2v) is 8.24. The fourth-order valence-electron chi connectivity index (χ4n) is 1.92. The Balaban J connectivity index is 2.90. The molecule has 0 aliphatic rings. The van der Waals surface area contributed by atoms with E-state index in [1.54, 1.807) is 0 Å². The molecule has 0 spiro atoms. The zero-order chi connectivity index (χ0) is 16.4. The summed E-state index contributed by atoms with van der Waals surface area (Å²) in [5.74, 6) is -1.76. The van der Waals surface area contributed by atoms with Gasteiger partial charge in [-0.05, 0) is 35.4 Å². The average molecular weight is 383 g/mol. The van der Waals surface area contributed by atoms with Gasteiger partial charge in [0.15, 0.2) is 4.67 Å². The third-order valence-corrected chi connectivity index (χ3v) is 4.90. The number of aromatic carboxylic acids is 1. The number of carbonyl (C=O) groups is 1. The first-order valence-electron chi connectivity index (χ1n) is 6.12. The van der Waals surface area contributed by atoms with E-state index < -0.39 is 21.8 Å². The van der Waals surface area contributed by atoms with Gasteiger partial charge in [0.25, 0.3) is 0 Å². The summed E-state index contributed by atoms with van der Waals surface area (Å²) in [5, 5.41) is 8.81. The van der Waals surface area contributed by atoms with Crippen LogP contribution in [0.25, 0.3) is 0 Å². The first kappa shape index (κ1) is 18.1. The zero-order valence-electron chi connectivity index (χ0n) is 12.3. The fourth-order valence-corrected chi connectivity index (χ4v) is 4.10. The molecule has 7 nitrogen and oxygen atoms in total. The van der Waals surface area contributed by atoms with Crippen molar-refractivity contribution in [1.82, 2.24) is 9.62 Å². The largest absolute Gasteiger partial charge is 0.475 e. The van der Waals surface area contributed by atoms with Gasteiger partial charge in [0, 0.05) is 19.2 Å². The van der Waals surface area contributed by atoms with Crippen LogP contribution in [0.4, 0.5) is 0 Å². The third kappa shape index (κ3) is 5.10. The molecule has 0 bridgehead atoms. The molecule has 120 valence electrons. The van der Waals surface area contributed by atoms with E-state index in [0.29, 0.717) is 6.54 Å². The Morgan fingerprint density at radius 2 is 2.05 bits per heavy atom. The number of hydrogen-bond donors (Lipinski definition) is 2. The van der Waals surface area contributed by atoms with Crippen LogP contribution in [0, 0.1) is 5.41 Å². The highest BCUT2D eigenvalue weighted by Gasteiger charge is 2.27. The predicted molar refractivity (Wildman–Crippen MR) is 80.9 cm³/mol. The number of carboxylic acids is 1. The number of furan rings is 1. The minimum absolute atomic E-state index is 0.127. The van der Waals surface area contributed by atoms with E-state index in [2.05, 4.69) is 20.7 Å². The van der Waals surface area contributed by atoms with Crippen LogP contribution in [0.2, 0.25) is 0 Å². The van der Waals surface area contributed by atoms with Crippen LogP contribution >= 0.6 is 15.9 Å². The Kier molecular flexibility index (Phi) is 5.59. The van der Waals surface area contributed by atoms with Crippen LogP contribution in [0.5, 0.6) is 0 Å². The number of halogens is 1. The lowest BCUT2D eigenvalue weighted by Crippen LogP contribution is -2.39. The van der Waals surface area contributed by atoms with Crippen molar-refractivity contribution < 1.29 is 22.7 Å². The van der Waals surface area contributed by atoms with Crippen molar-refractivity contribution >= 4 is 31.9 Å². The number of sulfonamides is 1. The molecule has 0 atom stereocenters. The molecule has 1 aromatic heterocycles. The summed E-state index contributed by atoms with van der Waals surface area (Å²) in [6.07, 6.45) is 0. The van der Waals surface area contributed by atoms with Crippen molar-refractivity contribution in [3.05, 3.63) is 16.5 Å². The smallest absolute Gasteiger partial charge is 0.371 e. The number of carboxylic acid groups (broad SMARTS) is 1. The number of hydrogen-bond acceptors (Lipinski definition) is 5. The molecular weight excluding hydrogens is 364 g/mol. The maximum absolute atomic E-state index is 12.2. The third-order valence-electron chi connectivity index (χ3n) is 2.64. The summed E-state index contributed by atoms with van der Waals surface area (Å²) in [4.78, 5) is 12.5. The Morgan fingerprint density at radius 3 is 2.48 bits per heavy atom. The SMILES string of the molecule is CN(C)CC(C)(C)CNS(=O)(=O)c1cc(C(=O)O)oc1Br.